The van der Waals surface area contributed by atoms with Crippen molar-refractivity contribution in [2.24, 2.45) is 0 Å². The molecule has 0 aliphatic rings. The van der Waals surface area contributed by atoms with Crippen LogP contribution in [0.5, 0.6) is 0 Å². The van der Waals surface area contributed by atoms with Crippen LogP contribution in [0.25, 0.3) is 0 Å². The number of hydrogen-bond acceptors (Lipinski definition) is 2. The van der Waals surface area contributed by atoms with Gasteiger partial charge in [-0.1, -0.05) is 160 Å². The lowest BCUT2D eigenvalue weighted by molar-refractivity contribution is -0.140. The van der Waals surface area contributed by atoms with Gasteiger partial charge in [0.15, 0.2) is 0 Å². The minimum Gasteiger partial charge on any atom is -0.469 e. The molecule has 0 aromatic rings. The van der Waals surface area contributed by atoms with Gasteiger partial charge in [0.2, 0.25) is 0 Å². The molecule has 0 aliphatic carbocycles. The number of hydrogen-bond donors (Lipinski definition) is 0. The second-order valence-electron chi connectivity index (χ2n) is 11.9. The monoisotopic (exact) mass is 547 g/mol. The lowest BCUT2D eigenvalue weighted by Gasteiger charge is -2.02. The van der Waals surface area contributed by atoms with E-state index in [9.17, 15) is 4.79 Å². The van der Waals surface area contributed by atoms with Crippen LogP contribution in [0.15, 0.2) is 24.3 Å². The molecule has 0 saturated heterocycles. The summed E-state index contributed by atoms with van der Waals surface area (Å²) in [6.07, 6.45) is 49.7. The summed E-state index contributed by atoms with van der Waals surface area (Å²) >= 11 is 0. The van der Waals surface area contributed by atoms with E-state index < -0.39 is 0 Å². The van der Waals surface area contributed by atoms with Crippen molar-refractivity contribution in [2.45, 2.75) is 200 Å². The Morgan fingerprint density at radius 3 is 0.974 bits per heavy atom. The van der Waals surface area contributed by atoms with Gasteiger partial charge in [0.1, 0.15) is 0 Å². The van der Waals surface area contributed by atoms with Gasteiger partial charge in [-0.2, -0.15) is 0 Å². The highest BCUT2D eigenvalue weighted by Crippen LogP contribution is 2.14. The molecule has 0 N–H and O–H groups in total. The van der Waals surface area contributed by atoms with Crippen molar-refractivity contribution in [3.63, 3.8) is 0 Å². The minimum absolute atomic E-state index is 0.0664. The molecular formula is C37H70O2. The molecule has 0 aromatic heterocycles. The Balaban J connectivity index is 3.16. The third-order valence-electron chi connectivity index (χ3n) is 8.03. The van der Waals surface area contributed by atoms with E-state index in [1.165, 1.54) is 180 Å². The van der Waals surface area contributed by atoms with Gasteiger partial charge in [-0.05, 0) is 57.8 Å². The Labute approximate surface area is 246 Å². The molecule has 0 bridgehead atoms. The molecule has 0 saturated carbocycles. The van der Waals surface area contributed by atoms with E-state index >= 15 is 0 Å². The highest BCUT2D eigenvalue weighted by atomic mass is 16.5. The zero-order valence-corrected chi connectivity index (χ0v) is 26.8. The van der Waals surface area contributed by atoms with Gasteiger partial charge in [0.25, 0.3) is 0 Å². The summed E-state index contributed by atoms with van der Waals surface area (Å²) in [5, 5.41) is 0. The maximum atomic E-state index is 11.1. The predicted octanol–water partition coefficient (Wildman–Crippen LogP) is 13.0. The lowest BCUT2D eigenvalue weighted by Crippen LogP contribution is -1.99. The molecule has 0 aliphatic heterocycles. The fourth-order valence-electron chi connectivity index (χ4n) is 5.32. The van der Waals surface area contributed by atoms with Crippen LogP contribution < -0.4 is 0 Å². The Morgan fingerprint density at radius 2 is 0.667 bits per heavy atom. The van der Waals surface area contributed by atoms with E-state index in [1.807, 2.05) is 0 Å². The Morgan fingerprint density at radius 1 is 0.410 bits per heavy atom. The van der Waals surface area contributed by atoms with Gasteiger partial charge < -0.3 is 4.74 Å². The van der Waals surface area contributed by atoms with E-state index in [2.05, 4.69) is 36.0 Å². The fraction of sp³-hybridized carbons (Fsp3) is 0.865. The smallest absolute Gasteiger partial charge is 0.305 e. The Kier molecular flexibility index (Phi) is 34.0. The standard InChI is InChI=1S/C37H70O2/c1-3-4-5-6-7-8-9-10-11-12-13-14-15-16-17-18-19-20-21-22-23-24-25-26-27-28-29-30-31-32-33-34-35-36-37(38)39-2/h16-17,23-24H,3-15,18-22,25-36H2,1-2H3/b17-16+,24-23+. The Hall–Kier alpha value is -1.05. The van der Waals surface area contributed by atoms with Gasteiger partial charge in [-0.15, -0.1) is 0 Å². The van der Waals surface area contributed by atoms with Crippen LogP contribution in [0.4, 0.5) is 0 Å². The largest absolute Gasteiger partial charge is 0.469 e. The van der Waals surface area contributed by atoms with Crippen LogP contribution in [0.2, 0.25) is 0 Å². The molecule has 0 rings (SSSR count). The predicted molar refractivity (Wildman–Crippen MR) is 174 cm³/mol. The maximum absolute atomic E-state index is 11.1. The number of methoxy groups -OCH3 is 1. The highest BCUT2D eigenvalue weighted by molar-refractivity contribution is 5.68. The molecule has 0 fully saturated rings. The van der Waals surface area contributed by atoms with E-state index in [0.29, 0.717) is 6.42 Å². The van der Waals surface area contributed by atoms with Gasteiger partial charge in [0, 0.05) is 6.42 Å². The van der Waals surface area contributed by atoms with E-state index in [1.54, 1.807) is 0 Å². The first-order valence-electron chi connectivity index (χ1n) is 17.7. The molecule has 0 radical (unpaired) electrons. The lowest BCUT2D eigenvalue weighted by atomic mass is 10.0. The van der Waals surface area contributed by atoms with Crippen molar-refractivity contribution < 1.29 is 9.53 Å². The molecule has 230 valence electrons. The molecule has 0 atom stereocenters. The summed E-state index contributed by atoms with van der Waals surface area (Å²) in [6.45, 7) is 2.30. The van der Waals surface area contributed by atoms with E-state index in [0.717, 1.165) is 12.8 Å². The molecule has 39 heavy (non-hydrogen) atoms. The summed E-state index contributed by atoms with van der Waals surface area (Å²) in [5.74, 6) is -0.0664. The van der Waals surface area contributed by atoms with E-state index in [4.69, 9.17) is 0 Å². The maximum Gasteiger partial charge on any atom is 0.305 e. The number of ether oxygens (including phenoxy) is 1. The third-order valence-corrected chi connectivity index (χ3v) is 8.03. The molecule has 0 spiro atoms. The van der Waals surface area contributed by atoms with Crippen LogP contribution in [0.1, 0.15) is 200 Å². The first kappa shape index (κ1) is 38.0. The van der Waals surface area contributed by atoms with Crippen molar-refractivity contribution in [1.82, 2.24) is 0 Å². The molecule has 0 unspecified atom stereocenters. The van der Waals surface area contributed by atoms with Crippen LogP contribution in [0, 0.1) is 0 Å². The van der Waals surface area contributed by atoms with Gasteiger partial charge >= 0.3 is 5.97 Å². The van der Waals surface area contributed by atoms with Gasteiger partial charge in [0.05, 0.1) is 7.11 Å². The minimum atomic E-state index is -0.0664. The third kappa shape index (κ3) is 34.9. The summed E-state index contributed by atoms with van der Waals surface area (Å²) in [6, 6.07) is 0. The molecule has 2 heteroatoms. The average Bonchev–Trinajstić information content (AvgIpc) is 2.95. The first-order valence-corrected chi connectivity index (χ1v) is 17.7. The topological polar surface area (TPSA) is 26.3 Å². The molecule has 0 heterocycles. The van der Waals surface area contributed by atoms with Gasteiger partial charge in [-0.3, -0.25) is 4.79 Å². The SMILES string of the molecule is CCCCCCCCCCCCCC/C=C/CCCCC/C=C/CCCCCCCCCCCCC(=O)OC. The van der Waals surface area contributed by atoms with Crippen LogP contribution in [0.3, 0.4) is 0 Å². The van der Waals surface area contributed by atoms with Crippen molar-refractivity contribution in [2.75, 3.05) is 7.11 Å². The zero-order valence-electron chi connectivity index (χ0n) is 26.8. The molecule has 0 amide bonds. The number of esters is 1. The second-order valence-corrected chi connectivity index (χ2v) is 11.9. The van der Waals surface area contributed by atoms with Crippen molar-refractivity contribution in [1.29, 1.82) is 0 Å². The molecule has 0 aromatic carbocycles. The summed E-state index contributed by atoms with van der Waals surface area (Å²) in [5.41, 5.74) is 0. The first-order chi connectivity index (χ1) is 19.3. The average molecular weight is 547 g/mol. The van der Waals surface area contributed by atoms with Crippen molar-refractivity contribution in [3.8, 4) is 0 Å². The summed E-state index contributed by atoms with van der Waals surface area (Å²) < 4.78 is 4.67. The second kappa shape index (κ2) is 35.0. The van der Waals surface area contributed by atoms with E-state index in [-0.39, 0.29) is 5.97 Å². The number of carbonyl (C=O) groups is 1. The number of allylic oxidation sites excluding steroid dienone is 4. The van der Waals surface area contributed by atoms with Crippen LogP contribution >= 0.6 is 0 Å². The Bertz CT molecular complexity index is 522. The molecule has 2 nitrogen and oxygen atoms in total. The normalized spacial score (nSPS) is 11.7. The number of rotatable bonds is 32. The number of unbranched alkanes of at least 4 members (excludes halogenated alkanes) is 26. The van der Waals surface area contributed by atoms with Crippen molar-refractivity contribution >= 4 is 5.97 Å². The fourth-order valence-corrected chi connectivity index (χ4v) is 5.32. The van der Waals surface area contributed by atoms with Crippen LogP contribution in [-0.2, 0) is 9.53 Å². The summed E-state index contributed by atoms with van der Waals surface area (Å²) in [4.78, 5) is 11.1. The van der Waals surface area contributed by atoms with Crippen LogP contribution in [-0.4, -0.2) is 13.1 Å². The quantitative estimate of drug-likeness (QED) is 0.0476. The summed E-state index contributed by atoms with van der Waals surface area (Å²) in [7, 11) is 1.47. The molecular weight excluding hydrogens is 476 g/mol. The highest BCUT2D eigenvalue weighted by Gasteiger charge is 1.99. The number of carbonyl (C=O) groups excluding carboxylic acids is 1. The van der Waals surface area contributed by atoms with Crippen molar-refractivity contribution in [3.05, 3.63) is 24.3 Å². The van der Waals surface area contributed by atoms with Gasteiger partial charge in [-0.25, -0.2) is 0 Å². The zero-order chi connectivity index (χ0) is 28.3.